The van der Waals surface area contributed by atoms with Crippen molar-refractivity contribution in [2.24, 2.45) is 0 Å². The van der Waals surface area contributed by atoms with Crippen LogP contribution in [-0.2, 0) is 20.6 Å². The van der Waals surface area contributed by atoms with Crippen molar-refractivity contribution in [1.82, 2.24) is 9.78 Å². The van der Waals surface area contributed by atoms with Crippen LogP contribution < -0.4 is 5.46 Å². The normalized spacial score (nSPS) is 20.2. The maximum absolute atomic E-state index is 11.8. The number of carbonyl (C=O) groups is 1. The summed E-state index contributed by atoms with van der Waals surface area (Å²) >= 11 is 0. The summed E-state index contributed by atoms with van der Waals surface area (Å²) < 4.78 is 18.4. The molecule has 0 amide bonds. The van der Waals surface area contributed by atoms with Gasteiger partial charge in [0, 0.05) is 18.2 Å². The lowest BCUT2D eigenvalue weighted by molar-refractivity contribution is 0.00578. The number of methoxy groups -OCH3 is 1. The second kappa shape index (κ2) is 4.89. The van der Waals surface area contributed by atoms with Crippen molar-refractivity contribution in [3.63, 3.8) is 0 Å². The second-order valence-corrected chi connectivity index (χ2v) is 5.87. The van der Waals surface area contributed by atoms with Gasteiger partial charge in [0.15, 0.2) is 5.69 Å². The molecule has 1 aromatic heterocycles. The van der Waals surface area contributed by atoms with Crippen LogP contribution in [0.5, 0.6) is 0 Å². The molecule has 7 heteroatoms. The Morgan fingerprint density at radius 1 is 1.35 bits per heavy atom. The molecule has 1 aliphatic heterocycles. The molecular formula is C13H21BN2O4. The van der Waals surface area contributed by atoms with Crippen molar-refractivity contribution in [3.8, 4) is 0 Å². The number of rotatable bonds is 3. The molecule has 1 aromatic rings. The van der Waals surface area contributed by atoms with Gasteiger partial charge in [-0.25, -0.2) is 4.79 Å². The van der Waals surface area contributed by atoms with E-state index in [-0.39, 0.29) is 5.69 Å². The first-order valence-electron chi connectivity index (χ1n) is 6.73. The zero-order chi connectivity index (χ0) is 15.1. The Balaban J connectivity index is 2.39. The van der Waals surface area contributed by atoms with Gasteiger partial charge in [-0.1, -0.05) is 0 Å². The van der Waals surface area contributed by atoms with Gasteiger partial charge in [-0.15, -0.1) is 0 Å². The van der Waals surface area contributed by atoms with E-state index in [4.69, 9.17) is 14.0 Å². The third-order valence-electron chi connectivity index (χ3n) is 4.00. The summed E-state index contributed by atoms with van der Waals surface area (Å²) in [6.45, 7) is 10.5. The third-order valence-corrected chi connectivity index (χ3v) is 4.00. The summed E-state index contributed by atoms with van der Waals surface area (Å²) in [5.41, 5.74) is -0.0659. The minimum atomic E-state index is -0.616. The van der Waals surface area contributed by atoms with Crippen molar-refractivity contribution in [3.05, 3.63) is 11.9 Å². The first-order chi connectivity index (χ1) is 9.21. The molecule has 0 saturated carbocycles. The first-order valence-corrected chi connectivity index (χ1v) is 6.73. The highest BCUT2D eigenvalue weighted by Crippen LogP contribution is 2.36. The van der Waals surface area contributed by atoms with Crippen LogP contribution in [0.3, 0.4) is 0 Å². The summed E-state index contributed by atoms with van der Waals surface area (Å²) in [4.78, 5) is 11.8. The summed E-state index contributed by atoms with van der Waals surface area (Å²) in [5, 5.41) is 4.22. The van der Waals surface area contributed by atoms with Crippen molar-refractivity contribution in [2.45, 2.75) is 52.4 Å². The lowest BCUT2D eigenvalue weighted by Gasteiger charge is -2.32. The fourth-order valence-electron chi connectivity index (χ4n) is 2.00. The predicted octanol–water partition coefficient (Wildman–Crippen LogP) is 0.989. The zero-order valence-corrected chi connectivity index (χ0v) is 12.9. The predicted molar refractivity (Wildman–Crippen MR) is 75.0 cm³/mol. The number of hydrogen-bond donors (Lipinski definition) is 0. The van der Waals surface area contributed by atoms with Crippen molar-refractivity contribution in [1.29, 1.82) is 0 Å². The molecule has 0 spiro atoms. The van der Waals surface area contributed by atoms with Gasteiger partial charge in [0.2, 0.25) is 0 Å². The van der Waals surface area contributed by atoms with Crippen LogP contribution in [0.15, 0.2) is 6.20 Å². The molecule has 110 valence electrons. The number of nitrogens with zero attached hydrogens (tertiary/aromatic N) is 2. The lowest BCUT2D eigenvalue weighted by Crippen LogP contribution is -2.41. The van der Waals surface area contributed by atoms with Crippen LogP contribution in [0.2, 0.25) is 0 Å². The molecular weight excluding hydrogens is 259 g/mol. The van der Waals surface area contributed by atoms with Crippen LogP contribution in [0.25, 0.3) is 0 Å². The third kappa shape index (κ3) is 2.36. The smallest absolute Gasteiger partial charge is 0.464 e. The number of esters is 1. The van der Waals surface area contributed by atoms with Crippen LogP contribution in [0.1, 0.15) is 45.1 Å². The van der Waals surface area contributed by atoms with Gasteiger partial charge in [-0.05, 0) is 34.6 Å². The minimum absolute atomic E-state index is 0.243. The number of carbonyl (C=O) groups excluding carboxylic acids is 1. The van der Waals surface area contributed by atoms with E-state index in [1.165, 1.54) is 7.11 Å². The molecule has 2 rings (SSSR count). The van der Waals surface area contributed by atoms with E-state index in [0.717, 1.165) is 0 Å². The van der Waals surface area contributed by atoms with Gasteiger partial charge in [0.25, 0.3) is 0 Å². The van der Waals surface area contributed by atoms with Crippen LogP contribution in [0, 0.1) is 0 Å². The number of aromatic nitrogens is 2. The molecule has 0 unspecified atom stereocenters. The van der Waals surface area contributed by atoms with Crippen molar-refractivity contribution < 1.29 is 18.8 Å². The molecule has 0 N–H and O–H groups in total. The molecule has 1 saturated heterocycles. The molecule has 2 heterocycles. The average molecular weight is 280 g/mol. The summed E-state index contributed by atoms with van der Waals surface area (Å²) in [6, 6.07) is 0. The highest BCUT2D eigenvalue weighted by Gasteiger charge is 2.53. The quantitative estimate of drug-likeness (QED) is 0.610. The van der Waals surface area contributed by atoms with E-state index in [2.05, 4.69) is 5.10 Å². The Morgan fingerprint density at radius 2 is 1.90 bits per heavy atom. The van der Waals surface area contributed by atoms with E-state index < -0.39 is 24.3 Å². The van der Waals surface area contributed by atoms with E-state index in [1.807, 2.05) is 34.6 Å². The average Bonchev–Trinajstić information content (AvgIpc) is 2.88. The highest BCUT2D eigenvalue weighted by molar-refractivity contribution is 6.63. The van der Waals surface area contributed by atoms with Gasteiger partial charge < -0.3 is 14.0 Å². The topological polar surface area (TPSA) is 62.6 Å². The van der Waals surface area contributed by atoms with E-state index in [1.54, 1.807) is 10.9 Å². The largest absolute Gasteiger partial charge is 0.498 e. The van der Waals surface area contributed by atoms with E-state index in [0.29, 0.717) is 12.0 Å². The number of ether oxygens (including phenoxy) is 1. The summed E-state index contributed by atoms with van der Waals surface area (Å²) in [7, 11) is 0.718. The zero-order valence-electron chi connectivity index (χ0n) is 12.9. The van der Waals surface area contributed by atoms with E-state index >= 15 is 0 Å². The Morgan fingerprint density at radius 3 is 2.35 bits per heavy atom. The Bertz CT molecular complexity index is 508. The van der Waals surface area contributed by atoms with E-state index in [9.17, 15) is 4.79 Å². The molecule has 6 nitrogen and oxygen atoms in total. The number of aryl methyl sites for hydroxylation is 1. The molecule has 0 aromatic carbocycles. The SMILES string of the molecule is CCn1cc(B2OC(C)(C)C(C)(C)O2)c(C(=O)OC)n1. The van der Waals surface area contributed by atoms with Gasteiger partial charge in [-0.3, -0.25) is 4.68 Å². The molecule has 0 radical (unpaired) electrons. The molecule has 20 heavy (non-hydrogen) atoms. The fraction of sp³-hybridized carbons (Fsp3) is 0.692. The Labute approximate surface area is 119 Å². The lowest BCUT2D eigenvalue weighted by atomic mass is 9.79. The Kier molecular flexibility index (Phi) is 3.68. The van der Waals surface area contributed by atoms with Crippen LogP contribution in [0.4, 0.5) is 0 Å². The maximum atomic E-state index is 11.8. The van der Waals surface area contributed by atoms with Gasteiger partial charge in [0.1, 0.15) is 0 Å². The molecule has 1 aliphatic rings. The molecule has 0 bridgehead atoms. The standard InChI is InChI=1S/C13H21BN2O4/c1-7-16-8-9(10(15-16)11(17)18-6)14-19-12(2,3)13(4,5)20-14/h8H,7H2,1-6H3. The monoisotopic (exact) mass is 280 g/mol. The van der Waals surface area contributed by atoms with Gasteiger partial charge in [0.05, 0.1) is 18.3 Å². The fourth-order valence-corrected chi connectivity index (χ4v) is 2.00. The molecule has 0 aliphatic carbocycles. The first kappa shape index (κ1) is 15.1. The van der Waals surface area contributed by atoms with Crippen molar-refractivity contribution in [2.75, 3.05) is 7.11 Å². The molecule has 1 fully saturated rings. The maximum Gasteiger partial charge on any atom is 0.498 e. The van der Waals surface area contributed by atoms with Crippen LogP contribution >= 0.6 is 0 Å². The van der Waals surface area contributed by atoms with Crippen molar-refractivity contribution >= 4 is 18.6 Å². The minimum Gasteiger partial charge on any atom is -0.464 e. The number of hydrogen-bond acceptors (Lipinski definition) is 5. The highest BCUT2D eigenvalue weighted by atomic mass is 16.7. The molecule has 0 atom stereocenters. The van der Waals surface area contributed by atoms with Crippen LogP contribution in [-0.4, -0.2) is 41.2 Å². The van der Waals surface area contributed by atoms with Gasteiger partial charge >= 0.3 is 13.1 Å². The summed E-state index contributed by atoms with van der Waals surface area (Å²) in [6.07, 6.45) is 1.77. The Hall–Kier alpha value is -1.34. The summed E-state index contributed by atoms with van der Waals surface area (Å²) in [5.74, 6) is -0.484. The second-order valence-electron chi connectivity index (χ2n) is 5.87. The van der Waals surface area contributed by atoms with Gasteiger partial charge in [-0.2, -0.15) is 5.10 Å².